The Bertz CT molecular complexity index is 1490. The van der Waals surface area contributed by atoms with Crippen molar-refractivity contribution in [1.82, 2.24) is 14.8 Å². The third kappa shape index (κ3) is 4.94. The molecular weight excluding hydrogens is 521 g/mol. The van der Waals surface area contributed by atoms with Crippen LogP contribution in [-0.4, -0.2) is 106 Å². The minimum atomic E-state index is 0.0698. The first-order chi connectivity index (χ1) is 20.4. The zero-order valence-electron chi connectivity index (χ0n) is 24.7. The maximum atomic E-state index is 9.64. The van der Waals surface area contributed by atoms with Crippen molar-refractivity contribution < 1.29 is 4.74 Å². The number of nitrogens with zero attached hydrogens (tertiary/aromatic N) is 6. The summed E-state index contributed by atoms with van der Waals surface area (Å²) in [5, 5.41) is 10.7. The van der Waals surface area contributed by atoms with Crippen molar-refractivity contribution in [2.45, 2.75) is 56.0 Å². The third-order valence-corrected chi connectivity index (χ3v) is 10.3. The number of nitrogens with two attached hydrogens (primary N) is 1. The van der Waals surface area contributed by atoms with Gasteiger partial charge in [-0.2, -0.15) is 5.26 Å². The lowest BCUT2D eigenvalue weighted by Crippen LogP contribution is -2.64. The highest BCUT2D eigenvalue weighted by atomic mass is 16.5. The van der Waals surface area contributed by atoms with Crippen LogP contribution in [0.25, 0.3) is 10.9 Å². The van der Waals surface area contributed by atoms with Gasteiger partial charge in [0.15, 0.2) is 0 Å². The zero-order chi connectivity index (χ0) is 29.0. The van der Waals surface area contributed by atoms with Gasteiger partial charge in [0.25, 0.3) is 0 Å². The summed E-state index contributed by atoms with van der Waals surface area (Å²) in [4.78, 5) is 14.8. The number of pyridine rings is 1. The van der Waals surface area contributed by atoms with E-state index < -0.39 is 0 Å². The number of anilines is 2. The molecule has 4 fully saturated rings. The van der Waals surface area contributed by atoms with Crippen LogP contribution < -0.4 is 21.1 Å². The van der Waals surface area contributed by atoms with E-state index in [2.05, 4.69) is 67.9 Å². The van der Waals surface area contributed by atoms with E-state index in [1.807, 2.05) is 18.2 Å². The molecule has 0 amide bonds. The van der Waals surface area contributed by atoms with Gasteiger partial charge in [0.05, 0.1) is 23.2 Å². The van der Waals surface area contributed by atoms with Crippen LogP contribution in [0.1, 0.15) is 36.8 Å². The SMILES string of the molecule is [B]c1ccc2c(N3CC4C[C@@H](N5CC(c6ccc(N7C[C@@H](N)[C@H](OC)C7)cc6)C5)CCN4[C@H](C)C3)ccc(C#N)c2n1. The Balaban J connectivity index is 0.995. The van der Waals surface area contributed by atoms with Crippen molar-refractivity contribution in [3.05, 3.63) is 59.7 Å². The molecule has 42 heavy (non-hydrogen) atoms. The zero-order valence-corrected chi connectivity index (χ0v) is 24.7. The highest BCUT2D eigenvalue weighted by molar-refractivity contribution is 6.31. The van der Waals surface area contributed by atoms with Gasteiger partial charge in [-0.15, -0.1) is 0 Å². The maximum absolute atomic E-state index is 9.64. The van der Waals surface area contributed by atoms with Crippen molar-refractivity contribution in [3.8, 4) is 6.07 Å². The number of piperazine rings is 1. The fourth-order valence-corrected chi connectivity index (χ4v) is 7.91. The average molecular weight is 562 g/mol. The molecule has 0 aliphatic carbocycles. The van der Waals surface area contributed by atoms with Crippen molar-refractivity contribution in [3.63, 3.8) is 0 Å². The van der Waals surface area contributed by atoms with Crippen LogP contribution >= 0.6 is 0 Å². The topological polar surface area (TPSA) is 84.9 Å². The van der Waals surface area contributed by atoms with Crippen LogP contribution in [-0.2, 0) is 4.74 Å². The average Bonchev–Trinajstić information content (AvgIpc) is 3.36. The van der Waals surface area contributed by atoms with E-state index in [1.165, 1.54) is 24.1 Å². The van der Waals surface area contributed by atoms with Gasteiger partial charge in [-0.05, 0) is 61.3 Å². The summed E-state index contributed by atoms with van der Waals surface area (Å²) in [5.74, 6) is 0.608. The lowest BCUT2D eigenvalue weighted by Gasteiger charge is -2.54. The Morgan fingerprint density at radius 2 is 1.76 bits per heavy atom. The molecule has 1 aromatic heterocycles. The summed E-state index contributed by atoms with van der Waals surface area (Å²) >= 11 is 0. The van der Waals surface area contributed by atoms with Gasteiger partial charge >= 0.3 is 0 Å². The van der Waals surface area contributed by atoms with Gasteiger partial charge in [-0.1, -0.05) is 18.2 Å². The number of ether oxygens (including phenoxy) is 1. The molecule has 1 unspecified atom stereocenters. The molecule has 3 aromatic rings. The highest BCUT2D eigenvalue weighted by Gasteiger charge is 2.42. The number of likely N-dealkylation sites (tertiary alicyclic amines) is 1. The Kier molecular flexibility index (Phi) is 7.35. The molecule has 4 aliphatic heterocycles. The fraction of sp³-hybridized carbons (Fsp3) is 0.515. The largest absolute Gasteiger partial charge is 0.378 e. The number of fused-ring (bicyclic) bond motifs is 2. The maximum Gasteiger partial charge on any atom is 0.141 e. The number of hydrogen-bond donors (Lipinski definition) is 1. The van der Waals surface area contributed by atoms with Crippen molar-refractivity contribution in [2.75, 3.05) is 62.7 Å². The summed E-state index contributed by atoms with van der Waals surface area (Å²) in [6, 6.07) is 21.0. The number of aromatic nitrogens is 1. The molecule has 4 saturated heterocycles. The smallest absolute Gasteiger partial charge is 0.141 e. The minimum absolute atomic E-state index is 0.0698. The quantitative estimate of drug-likeness (QED) is 0.475. The van der Waals surface area contributed by atoms with Crippen LogP contribution in [0.3, 0.4) is 0 Å². The van der Waals surface area contributed by atoms with E-state index in [0.717, 1.165) is 56.9 Å². The summed E-state index contributed by atoms with van der Waals surface area (Å²) < 4.78 is 5.53. The van der Waals surface area contributed by atoms with E-state index in [0.29, 0.717) is 40.7 Å². The molecule has 2 aromatic carbocycles. The lowest BCUT2D eigenvalue weighted by atomic mass is 9.85. The summed E-state index contributed by atoms with van der Waals surface area (Å²) in [7, 11) is 7.74. The molecule has 4 aliphatic rings. The van der Waals surface area contributed by atoms with Crippen LogP contribution in [0.5, 0.6) is 0 Å². The van der Waals surface area contributed by atoms with Gasteiger partial charge in [-0.3, -0.25) is 14.8 Å². The van der Waals surface area contributed by atoms with E-state index >= 15 is 0 Å². The predicted octanol–water partition coefficient (Wildman–Crippen LogP) is 2.20. The van der Waals surface area contributed by atoms with Crippen LogP contribution in [0.4, 0.5) is 11.4 Å². The van der Waals surface area contributed by atoms with E-state index in [4.69, 9.17) is 18.3 Å². The van der Waals surface area contributed by atoms with Crippen LogP contribution in [0.2, 0.25) is 0 Å². The molecule has 0 saturated carbocycles. The summed E-state index contributed by atoms with van der Waals surface area (Å²) in [6.07, 6.45) is 2.54. The second-order valence-corrected chi connectivity index (χ2v) is 12.8. The summed E-state index contributed by atoms with van der Waals surface area (Å²) in [6.45, 7) is 9.48. The number of rotatable bonds is 5. The monoisotopic (exact) mass is 561 g/mol. The number of hydrogen-bond acceptors (Lipinski definition) is 8. The van der Waals surface area contributed by atoms with Gasteiger partial charge < -0.3 is 20.3 Å². The Hall–Kier alpha value is -3.16. The Morgan fingerprint density at radius 1 is 0.952 bits per heavy atom. The predicted molar refractivity (Wildman–Crippen MR) is 169 cm³/mol. The van der Waals surface area contributed by atoms with Crippen molar-refractivity contribution >= 4 is 35.7 Å². The number of methoxy groups -OCH3 is 1. The number of nitriles is 1. The lowest BCUT2D eigenvalue weighted by molar-refractivity contribution is 0.00151. The van der Waals surface area contributed by atoms with E-state index in [-0.39, 0.29) is 12.1 Å². The van der Waals surface area contributed by atoms with E-state index in [1.54, 1.807) is 7.11 Å². The molecule has 8 nitrogen and oxygen atoms in total. The highest BCUT2D eigenvalue weighted by Crippen LogP contribution is 2.37. The molecule has 2 radical (unpaired) electrons. The molecule has 9 heteroatoms. The molecule has 5 heterocycles. The van der Waals surface area contributed by atoms with Crippen LogP contribution in [0, 0.1) is 11.3 Å². The van der Waals surface area contributed by atoms with Gasteiger partial charge in [0, 0.05) is 93.7 Å². The minimum Gasteiger partial charge on any atom is -0.378 e. The Morgan fingerprint density at radius 3 is 2.50 bits per heavy atom. The first kappa shape index (κ1) is 27.7. The Labute approximate surface area is 250 Å². The molecule has 5 atom stereocenters. The van der Waals surface area contributed by atoms with E-state index in [9.17, 15) is 5.26 Å². The van der Waals surface area contributed by atoms with Gasteiger partial charge in [0.2, 0.25) is 0 Å². The first-order valence-electron chi connectivity index (χ1n) is 15.4. The molecule has 216 valence electrons. The fourth-order valence-electron chi connectivity index (χ4n) is 7.91. The van der Waals surface area contributed by atoms with Gasteiger partial charge in [0.1, 0.15) is 13.9 Å². The second kappa shape index (κ2) is 11.2. The first-order valence-corrected chi connectivity index (χ1v) is 15.4. The van der Waals surface area contributed by atoms with Crippen molar-refractivity contribution in [2.24, 2.45) is 5.73 Å². The standard InChI is InChI=1S/C33H40BN7O/c1-21-15-40(30-9-5-23(14-35)33-28(30)8-10-32(34)37-33)18-27-13-26(11-12-41(21)27)38-16-24(17-38)22-3-6-25(7-4-22)39-19-29(36)31(20-39)42-2/h3-10,21,24,26-27,29,31H,11-13,15-20,36H2,1-2H3/t21-,26+,27?,29-,31-/m1/s1. The molecule has 7 rings (SSSR count). The molecule has 0 bridgehead atoms. The number of benzene rings is 2. The third-order valence-electron chi connectivity index (χ3n) is 10.3. The number of piperidine rings is 1. The van der Waals surface area contributed by atoms with Crippen molar-refractivity contribution in [1.29, 1.82) is 5.26 Å². The molecule has 0 spiro atoms. The summed E-state index contributed by atoms with van der Waals surface area (Å²) in [5.41, 5.74) is 11.8. The van der Waals surface area contributed by atoms with Gasteiger partial charge in [-0.25, -0.2) is 0 Å². The molecule has 2 N–H and O–H groups in total. The molecular formula is C33H40BN7O. The second-order valence-electron chi connectivity index (χ2n) is 12.8. The normalized spacial score (nSPS) is 29.0. The van der Waals surface area contributed by atoms with Crippen LogP contribution in [0.15, 0.2) is 48.5 Å².